The van der Waals surface area contributed by atoms with Crippen molar-refractivity contribution in [1.82, 2.24) is 0 Å². The summed E-state index contributed by atoms with van der Waals surface area (Å²) >= 11 is 0. The van der Waals surface area contributed by atoms with Gasteiger partial charge in [-0.25, -0.2) is 4.79 Å². The first-order valence-corrected chi connectivity index (χ1v) is 5.66. The maximum absolute atomic E-state index is 11.9. The summed E-state index contributed by atoms with van der Waals surface area (Å²) in [6.45, 7) is 3.61. The SMILES string of the molecule is CCOC(=O)c1c(C)oc2cc(C#N)c(C#N)cc12. The first-order valence-electron chi connectivity index (χ1n) is 5.66. The zero-order valence-electron chi connectivity index (χ0n) is 10.5. The smallest absolute Gasteiger partial charge is 0.342 e. The highest BCUT2D eigenvalue weighted by Crippen LogP contribution is 2.28. The van der Waals surface area contributed by atoms with E-state index in [0.717, 1.165) is 0 Å². The fraction of sp³-hybridized carbons (Fsp3) is 0.214. The Hall–Kier alpha value is -2.79. The van der Waals surface area contributed by atoms with Gasteiger partial charge in [0, 0.05) is 11.5 Å². The fourth-order valence-electron chi connectivity index (χ4n) is 1.91. The molecule has 0 spiro atoms. The molecule has 0 saturated carbocycles. The Kier molecular flexibility index (Phi) is 3.22. The molecule has 0 saturated heterocycles. The Morgan fingerprint density at radius 3 is 2.53 bits per heavy atom. The van der Waals surface area contributed by atoms with Crippen molar-refractivity contribution in [2.45, 2.75) is 13.8 Å². The number of hydrogen-bond acceptors (Lipinski definition) is 5. The highest BCUT2D eigenvalue weighted by atomic mass is 16.5. The number of carbonyl (C=O) groups is 1. The van der Waals surface area contributed by atoms with Crippen molar-refractivity contribution < 1.29 is 13.9 Å². The predicted octanol–water partition coefficient (Wildman–Crippen LogP) is 2.66. The van der Waals surface area contributed by atoms with Gasteiger partial charge in [-0.3, -0.25) is 0 Å². The number of benzene rings is 1. The molecule has 0 bridgehead atoms. The molecule has 1 heterocycles. The average Bonchev–Trinajstić information content (AvgIpc) is 2.72. The predicted molar refractivity (Wildman–Crippen MR) is 66.3 cm³/mol. The molecule has 94 valence electrons. The summed E-state index contributed by atoms with van der Waals surface area (Å²) < 4.78 is 10.4. The summed E-state index contributed by atoms with van der Waals surface area (Å²) in [7, 11) is 0. The van der Waals surface area contributed by atoms with Crippen LogP contribution < -0.4 is 0 Å². The molecule has 0 unspecified atom stereocenters. The number of carbonyl (C=O) groups excluding carboxylic acids is 1. The Morgan fingerprint density at radius 1 is 1.32 bits per heavy atom. The third-order valence-corrected chi connectivity index (χ3v) is 2.72. The zero-order chi connectivity index (χ0) is 14.0. The molecule has 0 fully saturated rings. The normalized spacial score (nSPS) is 9.89. The van der Waals surface area contributed by atoms with Crippen molar-refractivity contribution in [2.75, 3.05) is 6.61 Å². The molecule has 1 aromatic carbocycles. The van der Waals surface area contributed by atoms with E-state index in [1.165, 1.54) is 12.1 Å². The lowest BCUT2D eigenvalue weighted by Crippen LogP contribution is -2.05. The van der Waals surface area contributed by atoms with Gasteiger partial charge in [-0.05, 0) is 19.9 Å². The van der Waals surface area contributed by atoms with E-state index < -0.39 is 5.97 Å². The molecule has 0 N–H and O–H groups in total. The summed E-state index contributed by atoms with van der Waals surface area (Å²) in [5, 5.41) is 18.4. The maximum atomic E-state index is 11.9. The lowest BCUT2D eigenvalue weighted by Gasteiger charge is -2.00. The number of rotatable bonds is 2. The second-order valence-corrected chi connectivity index (χ2v) is 3.87. The van der Waals surface area contributed by atoms with Crippen LogP contribution in [0.4, 0.5) is 0 Å². The summed E-state index contributed by atoms with van der Waals surface area (Å²) in [5.74, 6) is -0.0835. The second kappa shape index (κ2) is 4.83. The summed E-state index contributed by atoms with van der Waals surface area (Å²) in [5.41, 5.74) is 1.13. The van der Waals surface area contributed by atoms with Gasteiger partial charge in [0.15, 0.2) is 0 Å². The van der Waals surface area contributed by atoms with Gasteiger partial charge in [-0.2, -0.15) is 10.5 Å². The van der Waals surface area contributed by atoms with E-state index in [2.05, 4.69) is 0 Å². The molecule has 0 aliphatic carbocycles. The Morgan fingerprint density at radius 2 is 1.95 bits per heavy atom. The van der Waals surface area contributed by atoms with Crippen LogP contribution in [0, 0.1) is 29.6 Å². The zero-order valence-corrected chi connectivity index (χ0v) is 10.5. The topological polar surface area (TPSA) is 87.0 Å². The van der Waals surface area contributed by atoms with Crippen LogP contribution in [0.2, 0.25) is 0 Å². The number of fused-ring (bicyclic) bond motifs is 1. The summed E-state index contributed by atoms with van der Waals surface area (Å²) in [4.78, 5) is 11.9. The number of furan rings is 1. The van der Waals surface area contributed by atoms with Gasteiger partial charge >= 0.3 is 5.97 Å². The van der Waals surface area contributed by atoms with Gasteiger partial charge in [0.25, 0.3) is 0 Å². The summed E-state index contributed by atoms with van der Waals surface area (Å²) in [6.07, 6.45) is 0. The number of ether oxygens (including phenoxy) is 1. The van der Waals surface area contributed by atoms with Crippen LogP contribution in [-0.2, 0) is 4.74 Å². The van der Waals surface area contributed by atoms with E-state index in [-0.39, 0.29) is 17.7 Å². The molecule has 1 aromatic heterocycles. The second-order valence-electron chi connectivity index (χ2n) is 3.87. The van der Waals surface area contributed by atoms with Crippen molar-refractivity contribution in [3.8, 4) is 12.1 Å². The van der Waals surface area contributed by atoms with E-state index in [1.807, 2.05) is 12.1 Å². The monoisotopic (exact) mass is 254 g/mol. The molecule has 0 radical (unpaired) electrons. The third-order valence-electron chi connectivity index (χ3n) is 2.72. The minimum absolute atomic E-state index is 0.210. The highest BCUT2D eigenvalue weighted by Gasteiger charge is 2.20. The molecule has 19 heavy (non-hydrogen) atoms. The van der Waals surface area contributed by atoms with Crippen LogP contribution in [0.3, 0.4) is 0 Å². The van der Waals surface area contributed by atoms with Gasteiger partial charge in [-0.1, -0.05) is 0 Å². The van der Waals surface area contributed by atoms with Crippen LogP contribution in [0.25, 0.3) is 11.0 Å². The van der Waals surface area contributed by atoms with Crippen LogP contribution in [0.15, 0.2) is 16.5 Å². The minimum Gasteiger partial charge on any atom is -0.462 e. The van der Waals surface area contributed by atoms with Crippen molar-refractivity contribution in [3.05, 3.63) is 34.6 Å². The molecule has 0 atom stereocenters. The molecular weight excluding hydrogens is 244 g/mol. The molecular formula is C14H10N2O3. The van der Waals surface area contributed by atoms with Crippen LogP contribution in [0.1, 0.15) is 34.2 Å². The van der Waals surface area contributed by atoms with Crippen molar-refractivity contribution in [1.29, 1.82) is 10.5 Å². The lowest BCUT2D eigenvalue weighted by atomic mass is 10.0. The number of hydrogen-bond donors (Lipinski definition) is 0. The van der Waals surface area contributed by atoms with Gasteiger partial charge in [-0.15, -0.1) is 0 Å². The number of aryl methyl sites for hydroxylation is 1. The molecule has 0 amide bonds. The van der Waals surface area contributed by atoms with Crippen LogP contribution >= 0.6 is 0 Å². The van der Waals surface area contributed by atoms with Gasteiger partial charge in [0.1, 0.15) is 29.0 Å². The fourth-order valence-corrected chi connectivity index (χ4v) is 1.91. The molecule has 5 nitrogen and oxygen atoms in total. The maximum Gasteiger partial charge on any atom is 0.342 e. The Bertz CT molecular complexity index is 745. The molecule has 2 aromatic rings. The van der Waals surface area contributed by atoms with Gasteiger partial charge < -0.3 is 9.15 Å². The van der Waals surface area contributed by atoms with Gasteiger partial charge in [0.05, 0.1) is 17.7 Å². The molecule has 5 heteroatoms. The van der Waals surface area contributed by atoms with Crippen molar-refractivity contribution in [2.24, 2.45) is 0 Å². The number of nitrogens with zero attached hydrogens (tertiary/aromatic N) is 2. The third kappa shape index (κ3) is 2.02. The first-order chi connectivity index (χ1) is 9.12. The molecule has 0 aliphatic rings. The van der Waals surface area contributed by atoms with E-state index in [4.69, 9.17) is 19.7 Å². The van der Waals surface area contributed by atoms with Crippen molar-refractivity contribution >= 4 is 16.9 Å². The number of esters is 1. The Labute approximate surface area is 109 Å². The minimum atomic E-state index is -0.493. The average molecular weight is 254 g/mol. The Balaban J connectivity index is 2.74. The van der Waals surface area contributed by atoms with Crippen molar-refractivity contribution in [3.63, 3.8) is 0 Å². The largest absolute Gasteiger partial charge is 0.462 e. The van der Waals surface area contributed by atoms with E-state index in [0.29, 0.717) is 22.3 Å². The van der Waals surface area contributed by atoms with E-state index >= 15 is 0 Å². The van der Waals surface area contributed by atoms with E-state index in [9.17, 15) is 4.79 Å². The quantitative estimate of drug-likeness (QED) is 0.769. The summed E-state index contributed by atoms with van der Waals surface area (Å²) in [6, 6.07) is 6.80. The van der Waals surface area contributed by atoms with Crippen LogP contribution in [-0.4, -0.2) is 12.6 Å². The highest BCUT2D eigenvalue weighted by molar-refractivity contribution is 6.05. The molecule has 2 rings (SSSR count). The first kappa shape index (κ1) is 12.7. The molecule has 0 aliphatic heterocycles. The number of nitriles is 2. The lowest BCUT2D eigenvalue weighted by molar-refractivity contribution is 0.0526. The van der Waals surface area contributed by atoms with Gasteiger partial charge in [0.2, 0.25) is 0 Å². The van der Waals surface area contributed by atoms with Crippen LogP contribution in [0.5, 0.6) is 0 Å². The standard InChI is InChI=1S/C14H10N2O3/c1-3-18-14(17)13-8(2)19-12-5-10(7-16)9(6-15)4-11(12)13/h4-5H,3H2,1-2H3. The van der Waals surface area contributed by atoms with E-state index in [1.54, 1.807) is 13.8 Å².